The summed E-state index contributed by atoms with van der Waals surface area (Å²) >= 11 is 4.09. The fourth-order valence-electron chi connectivity index (χ4n) is 3.59. The van der Waals surface area contributed by atoms with E-state index >= 15 is 0 Å². The Hall–Kier alpha value is -3.12. The predicted octanol–water partition coefficient (Wildman–Crippen LogP) is -1.59. The quantitative estimate of drug-likeness (QED) is 0.206. The highest BCUT2D eigenvalue weighted by Gasteiger charge is 2.38. The molecular weight excluding hydrogens is 450 g/mol. The van der Waals surface area contributed by atoms with Gasteiger partial charge in [-0.3, -0.25) is 19.2 Å². The molecule has 180 valence electrons. The van der Waals surface area contributed by atoms with E-state index in [0.717, 1.165) is 10.5 Å². The van der Waals surface area contributed by atoms with Crippen LogP contribution in [-0.4, -0.2) is 76.1 Å². The molecule has 4 atom stereocenters. The Balaban J connectivity index is 2.04. The third-order valence-electron chi connectivity index (χ3n) is 5.29. The number of nitrogens with zero attached hydrogens (tertiary/aromatic N) is 1. The van der Waals surface area contributed by atoms with Crippen molar-refractivity contribution in [1.82, 2.24) is 15.5 Å². The first-order valence-corrected chi connectivity index (χ1v) is 11.1. The van der Waals surface area contributed by atoms with Gasteiger partial charge in [0.15, 0.2) is 0 Å². The summed E-state index contributed by atoms with van der Waals surface area (Å²) in [5.41, 5.74) is 12.0. The molecule has 0 radical (unpaired) electrons. The number of carboxylic acids is 1. The van der Waals surface area contributed by atoms with Crippen LogP contribution in [0.1, 0.15) is 24.8 Å². The number of rotatable bonds is 11. The standard InChI is InChI=1S/C21H29N5O6S/c22-13(9-12-5-2-1-3-6-12)18(28)25-15(11-33)19(29)24-14(10-17(23)27)20(30)26-8-4-7-16(26)21(31)32/h1-3,5-6,13-16,33H,4,7-11,22H2,(H2,23,27)(H,24,29)(H,25,28)(H,31,32). The van der Waals surface area contributed by atoms with Crippen molar-refractivity contribution in [2.45, 2.75) is 49.9 Å². The lowest BCUT2D eigenvalue weighted by Gasteiger charge is -2.28. The minimum absolute atomic E-state index is 0.103. The Morgan fingerprint density at radius 1 is 1.09 bits per heavy atom. The lowest BCUT2D eigenvalue weighted by atomic mass is 10.1. The number of carboxylic acid groups (broad SMARTS) is 1. The van der Waals surface area contributed by atoms with Crippen LogP contribution >= 0.6 is 12.6 Å². The number of amides is 4. The Morgan fingerprint density at radius 2 is 1.73 bits per heavy atom. The first-order chi connectivity index (χ1) is 15.6. The van der Waals surface area contributed by atoms with E-state index in [2.05, 4.69) is 23.3 Å². The summed E-state index contributed by atoms with van der Waals surface area (Å²) in [5, 5.41) is 14.2. The van der Waals surface area contributed by atoms with Crippen molar-refractivity contribution >= 4 is 42.2 Å². The van der Waals surface area contributed by atoms with Crippen molar-refractivity contribution in [2.75, 3.05) is 12.3 Å². The number of nitrogens with one attached hydrogen (secondary N) is 2. The highest BCUT2D eigenvalue weighted by atomic mass is 32.1. The monoisotopic (exact) mass is 479 g/mol. The normalized spacial score (nSPS) is 18.1. The number of hydrogen-bond donors (Lipinski definition) is 6. The molecule has 1 aliphatic heterocycles. The number of hydrogen-bond acceptors (Lipinski definition) is 7. The molecule has 12 heteroatoms. The van der Waals surface area contributed by atoms with Crippen LogP contribution in [-0.2, 0) is 30.4 Å². The summed E-state index contributed by atoms with van der Waals surface area (Å²) in [5.74, 6) is -4.20. The van der Waals surface area contributed by atoms with E-state index in [4.69, 9.17) is 11.5 Å². The average molecular weight is 480 g/mol. The van der Waals surface area contributed by atoms with Crippen molar-refractivity contribution in [3.05, 3.63) is 35.9 Å². The Kier molecular flexibility index (Phi) is 9.67. The molecule has 0 aliphatic carbocycles. The Labute approximate surface area is 196 Å². The van der Waals surface area contributed by atoms with Crippen molar-refractivity contribution in [1.29, 1.82) is 0 Å². The first-order valence-electron chi connectivity index (χ1n) is 10.5. The van der Waals surface area contributed by atoms with Gasteiger partial charge in [0.05, 0.1) is 12.5 Å². The summed E-state index contributed by atoms with van der Waals surface area (Å²) in [6.07, 6.45) is 0.484. The Morgan fingerprint density at radius 3 is 2.30 bits per heavy atom. The zero-order valence-electron chi connectivity index (χ0n) is 18.0. The SMILES string of the molecule is NC(=O)CC(NC(=O)C(CS)NC(=O)C(N)Cc1ccccc1)C(=O)N1CCCC1C(=O)O. The zero-order chi connectivity index (χ0) is 24.5. The minimum Gasteiger partial charge on any atom is -0.480 e. The van der Waals surface area contributed by atoms with Gasteiger partial charge in [-0.05, 0) is 24.8 Å². The number of likely N-dealkylation sites (tertiary alicyclic amines) is 1. The van der Waals surface area contributed by atoms with E-state index in [1.165, 1.54) is 0 Å². The maximum atomic E-state index is 12.9. The van der Waals surface area contributed by atoms with E-state index in [1.807, 2.05) is 30.3 Å². The van der Waals surface area contributed by atoms with E-state index in [0.29, 0.717) is 6.42 Å². The summed E-state index contributed by atoms with van der Waals surface area (Å²) < 4.78 is 0. The number of aliphatic carboxylic acids is 1. The molecule has 2 rings (SSSR count). The van der Waals surface area contributed by atoms with Crippen molar-refractivity contribution in [2.24, 2.45) is 11.5 Å². The second-order valence-corrected chi connectivity index (χ2v) is 8.16. The van der Waals surface area contributed by atoms with Crippen LogP contribution in [0.25, 0.3) is 0 Å². The molecule has 1 aliphatic rings. The van der Waals surface area contributed by atoms with E-state index < -0.39 is 60.2 Å². The van der Waals surface area contributed by atoms with E-state index in [1.54, 1.807) is 0 Å². The number of thiol groups is 1. The van der Waals surface area contributed by atoms with Crippen molar-refractivity contribution in [3.8, 4) is 0 Å². The van der Waals surface area contributed by atoms with Gasteiger partial charge in [-0.15, -0.1) is 0 Å². The molecule has 0 saturated carbocycles. The lowest BCUT2D eigenvalue weighted by Crippen LogP contribution is -2.58. The fraction of sp³-hybridized carbons (Fsp3) is 0.476. The topological polar surface area (TPSA) is 185 Å². The number of nitrogens with two attached hydrogens (primary N) is 2. The van der Waals surface area contributed by atoms with Crippen LogP contribution in [0, 0.1) is 0 Å². The third-order valence-corrected chi connectivity index (χ3v) is 5.66. The number of carbonyl (C=O) groups excluding carboxylic acids is 4. The maximum Gasteiger partial charge on any atom is 0.326 e. The van der Waals surface area contributed by atoms with E-state index in [9.17, 15) is 29.1 Å². The zero-order valence-corrected chi connectivity index (χ0v) is 18.9. The van der Waals surface area contributed by atoms with Crippen LogP contribution in [0.15, 0.2) is 30.3 Å². The van der Waals surface area contributed by atoms with Gasteiger partial charge in [0.1, 0.15) is 18.1 Å². The number of primary amides is 1. The summed E-state index contributed by atoms with van der Waals surface area (Å²) in [6.45, 7) is 0.183. The predicted molar refractivity (Wildman–Crippen MR) is 122 cm³/mol. The summed E-state index contributed by atoms with van der Waals surface area (Å²) in [4.78, 5) is 62.1. The molecule has 11 nitrogen and oxygen atoms in total. The van der Waals surface area contributed by atoms with Gasteiger partial charge in [-0.25, -0.2) is 4.79 Å². The molecule has 1 aromatic carbocycles. The highest BCUT2D eigenvalue weighted by molar-refractivity contribution is 7.80. The molecule has 33 heavy (non-hydrogen) atoms. The molecule has 0 aromatic heterocycles. The van der Waals surface area contributed by atoms with Gasteiger partial charge in [0, 0.05) is 12.3 Å². The largest absolute Gasteiger partial charge is 0.480 e. The third kappa shape index (κ3) is 7.46. The molecule has 1 heterocycles. The van der Waals surface area contributed by atoms with Gasteiger partial charge in [-0.1, -0.05) is 30.3 Å². The van der Waals surface area contributed by atoms with Crippen LogP contribution < -0.4 is 22.1 Å². The molecule has 4 unspecified atom stereocenters. The van der Waals surface area contributed by atoms with Crippen LogP contribution in [0.4, 0.5) is 0 Å². The second kappa shape index (κ2) is 12.2. The smallest absolute Gasteiger partial charge is 0.326 e. The van der Waals surface area contributed by atoms with Gasteiger partial charge < -0.3 is 32.1 Å². The molecule has 4 amide bonds. The van der Waals surface area contributed by atoms with Crippen LogP contribution in [0.2, 0.25) is 0 Å². The lowest BCUT2D eigenvalue weighted by molar-refractivity contribution is -0.149. The van der Waals surface area contributed by atoms with Crippen molar-refractivity contribution in [3.63, 3.8) is 0 Å². The second-order valence-electron chi connectivity index (χ2n) is 7.80. The molecule has 1 saturated heterocycles. The minimum atomic E-state index is -1.37. The molecule has 7 N–H and O–H groups in total. The summed E-state index contributed by atoms with van der Waals surface area (Å²) in [7, 11) is 0. The van der Waals surface area contributed by atoms with Crippen LogP contribution in [0.3, 0.4) is 0 Å². The van der Waals surface area contributed by atoms with Gasteiger partial charge in [-0.2, -0.15) is 12.6 Å². The average Bonchev–Trinajstić information content (AvgIpc) is 3.27. The van der Waals surface area contributed by atoms with Crippen molar-refractivity contribution < 1.29 is 29.1 Å². The number of carbonyl (C=O) groups is 5. The van der Waals surface area contributed by atoms with Crippen LogP contribution in [0.5, 0.6) is 0 Å². The molecule has 0 spiro atoms. The highest BCUT2D eigenvalue weighted by Crippen LogP contribution is 2.19. The fourth-order valence-corrected chi connectivity index (χ4v) is 3.85. The maximum absolute atomic E-state index is 12.9. The first kappa shape index (κ1) is 26.1. The molecule has 0 bridgehead atoms. The van der Waals surface area contributed by atoms with Gasteiger partial charge in [0.2, 0.25) is 23.6 Å². The van der Waals surface area contributed by atoms with E-state index in [-0.39, 0.29) is 25.1 Å². The summed E-state index contributed by atoms with van der Waals surface area (Å²) in [6, 6.07) is 4.63. The Bertz CT molecular complexity index is 883. The molecular formula is C21H29N5O6S. The molecule has 1 fully saturated rings. The van der Waals surface area contributed by atoms with Gasteiger partial charge >= 0.3 is 5.97 Å². The molecule has 1 aromatic rings. The number of benzene rings is 1. The van der Waals surface area contributed by atoms with Gasteiger partial charge in [0.25, 0.3) is 0 Å².